The molecule has 0 bridgehead atoms. The van der Waals surface area contributed by atoms with Gasteiger partial charge >= 0.3 is 0 Å². The molecule has 0 atom stereocenters. The van der Waals surface area contributed by atoms with E-state index in [1.54, 1.807) is 22.7 Å². The number of thiophene rings is 2. The summed E-state index contributed by atoms with van der Waals surface area (Å²) in [7, 11) is 0. The van der Waals surface area contributed by atoms with E-state index in [-0.39, 0.29) is 10.9 Å². The fourth-order valence-corrected chi connectivity index (χ4v) is 10.2. The summed E-state index contributed by atoms with van der Waals surface area (Å²) >= 11 is 3.55. The first-order valence-corrected chi connectivity index (χ1v) is 22.5. The van der Waals surface area contributed by atoms with Crippen LogP contribution in [0.1, 0.15) is 116 Å². The molecule has 0 spiro atoms. The molecule has 0 aliphatic rings. The lowest BCUT2D eigenvalue weighted by molar-refractivity contribution is 0.660. The Morgan fingerprint density at radius 2 is 0.852 bits per heavy atom. The van der Waals surface area contributed by atoms with Gasteiger partial charge in [0.15, 0.2) is 10.9 Å². The molecule has 54 heavy (non-hydrogen) atoms. The third-order valence-corrected chi connectivity index (χ3v) is 13.3. The number of hydrogen-bond donors (Lipinski definition) is 0. The van der Waals surface area contributed by atoms with E-state index in [1.807, 2.05) is 12.1 Å². The quantitative estimate of drug-likeness (QED) is 0.0646. The van der Waals surface area contributed by atoms with Gasteiger partial charge in [-0.25, -0.2) is 0 Å². The summed E-state index contributed by atoms with van der Waals surface area (Å²) in [5.41, 5.74) is 8.71. The molecule has 7 aromatic rings. The number of aromatic nitrogens is 2. The highest BCUT2D eigenvalue weighted by atomic mass is 32.1. The third-order valence-electron chi connectivity index (χ3n) is 11.3. The number of nitrogens with zero attached hydrogens (tertiary/aromatic N) is 2. The van der Waals surface area contributed by atoms with Gasteiger partial charge in [0.25, 0.3) is 0 Å². The SMILES string of the molecule is CCCCCCc1ccsc1-c1ccc2c(c1)c(=O)c1cc3c(cc1n2CCCC)c(=O)c1cc(-c2sccc2CCCCCC)ccc1n3CCCC. The van der Waals surface area contributed by atoms with Crippen molar-refractivity contribution in [2.45, 2.75) is 131 Å². The molecule has 0 fully saturated rings. The van der Waals surface area contributed by atoms with E-state index in [1.165, 1.54) is 72.2 Å². The average Bonchev–Trinajstić information content (AvgIpc) is 3.88. The molecule has 0 aliphatic heterocycles. The molecule has 0 N–H and O–H groups in total. The Bertz CT molecular complexity index is 2340. The number of rotatable bonds is 18. The van der Waals surface area contributed by atoms with Crippen molar-refractivity contribution < 1.29 is 0 Å². The van der Waals surface area contributed by atoms with Gasteiger partial charge in [-0.3, -0.25) is 9.59 Å². The lowest BCUT2D eigenvalue weighted by atomic mass is 9.99. The van der Waals surface area contributed by atoms with Crippen LogP contribution in [0, 0.1) is 0 Å². The van der Waals surface area contributed by atoms with Crippen molar-refractivity contribution in [2.24, 2.45) is 0 Å². The van der Waals surface area contributed by atoms with Crippen LogP contribution in [0.25, 0.3) is 64.5 Å². The molecule has 0 aliphatic carbocycles. The van der Waals surface area contributed by atoms with Crippen molar-refractivity contribution in [3.8, 4) is 20.9 Å². The van der Waals surface area contributed by atoms with Gasteiger partial charge in [0.05, 0.1) is 22.1 Å². The van der Waals surface area contributed by atoms with E-state index in [2.05, 4.69) is 96.1 Å². The normalized spacial score (nSPS) is 11.9. The van der Waals surface area contributed by atoms with Crippen LogP contribution in [-0.2, 0) is 25.9 Å². The molecule has 0 amide bonds. The highest BCUT2D eigenvalue weighted by Crippen LogP contribution is 2.36. The first kappa shape index (κ1) is 38.3. The van der Waals surface area contributed by atoms with Gasteiger partial charge in [0.2, 0.25) is 0 Å². The summed E-state index contributed by atoms with van der Waals surface area (Å²) < 4.78 is 4.62. The molecule has 6 heteroatoms. The lowest BCUT2D eigenvalue weighted by Crippen LogP contribution is -2.16. The van der Waals surface area contributed by atoms with E-state index in [0.717, 1.165) is 95.6 Å². The molecule has 7 rings (SSSR count). The zero-order valence-corrected chi connectivity index (χ0v) is 34.4. The molecule has 282 valence electrons. The van der Waals surface area contributed by atoms with Gasteiger partial charge in [-0.05, 0) is 120 Å². The average molecular weight is 757 g/mol. The molecular weight excluding hydrogens is 701 g/mol. The van der Waals surface area contributed by atoms with Crippen molar-refractivity contribution >= 4 is 66.3 Å². The second kappa shape index (κ2) is 17.6. The van der Waals surface area contributed by atoms with Gasteiger partial charge in [-0.2, -0.15) is 0 Å². The third kappa shape index (κ3) is 7.62. The molecule has 0 saturated heterocycles. The van der Waals surface area contributed by atoms with Crippen molar-refractivity contribution in [2.75, 3.05) is 0 Å². The summed E-state index contributed by atoms with van der Waals surface area (Å²) in [6.07, 6.45) is 16.1. The minimum Gasteiger partial charge on any atom is -0.340 e. The molecule has 3 aromatic carbocycles. The maximum atomic E-state index is 14.7. The van der Waals surface area contributed by atoms with Crippen LogP contribution in [0.5, 0.6) is 0 Å². The largest absolute Gasteiger partial charge is 0.340 e. The van der Waals surface area contributed by atoms with Gasteiger partial charge in [-0.1, -0.05) is 91.2 Å². The first-order chi connectivity index (χ1) is 26.5. The van der Waals surface area contributed by atoms with Crippen LogP contribution < -0.4 is 10.9 Å². The predicted octanol–water partition coefficient (Wildman–Crippen LogP) is 13.9. The summed E-state index contributed by atoms with van der Waals surface area (Å²) in [5, 5.41) is 7.29. The minimum atomic E-state index is 0.0478. The Balaban J connectivity index is 1.41. The zero-order chi connectivity index (χ0) is 37.6. The predicted molar refractivity (Wildman–Crippen MR) is 237 cm³/mol. The van der Waals surface area contributed by atoms with Gasteiger partial charge in [0.1, 0.15) is 0 Å². The Kier molecular flexibility index (Phi) is 12.5. The van der Waals surface area contributed by atoms with Crippen molar-refractivity contribution in [3.63, 3.8) is 0 Å². The van der Waals surface area contributed by atoms with E-state index in [4.69, 9.17) is 0 Å². The van der Waals surface area contributed by atoms with Crippen LogP contribution in [0.2, 0.25) is 0 Å². The van der Waals surface area contributed by atoms with Crippen molar-refractivity contribution in [1.82, 2.24) is 9.13 Å². The smallest absolute Gasteiger partial charge is 0.197 e. The fourth-order valence-electron chi connectivity index (χ4n) is 8.30. The van der Waals surface area contributed by atoms with Crippen LogP contribution in [-0.4, -0.2) is 9.13 Å². The second-order valence-corrected chi connectivity index (χ2v) is 17.0. The van der Waals surface area contributed by atoms with Crippen LogP contribution in [0.3, 0.4) is 0 Å². The maximum Gasteiger partial charge on any atom is 0.197 e. The lowest BCUT2D eigenvalue weighted by Gasteiger charge is -2.19. The number of benzene rings is 3. The monoisotopic (exact) mass is 756 g/mol. The topological polar surface area (TPSA) is 44.0 Å². The second-order valence-electron chi connectivity index (χ2n) is 15.2. The highest BCUT2D eigenvalue weighted by Gasteiger charge is 2.19. The summed E-state index contributed by atoms with van der Waals surface area (Å²) in [6, 6.07) is 21.6. The van der Waals surface area contributed by atoms with Crippen LogP contribution in [0.4, 0.5) is 0 Å². The maximum absolute atomic E-state index is 14.7. The summed E-state index contributed by atoms with van der Waals surface area (Å²) in [4.78, 5) is 32.0. The number of aryl methyl sites for hydroxylation is 4. The fraction of sp³-hybridized carbons (Fsp3) is 0.417. The number of hydrogen-bond acceptors (Lipinski definition) is 4. The van der Waals surface area contributed by atoms with E-state index >= 15 is 0 Å². The molecule has 4 nitrogen and oxygen atoms in total. The Morgan fingerprint density at radius 3 is 1.26 bits per heavy atom. The molecule has 0 radical (unpaired) electrons. The van der Waals surface area contributed by atoms with Crippen molar-refractivity contribution in [3.05, 3.63) is 103 Å². The Hall–Kier alpha value is -4.00. The molecule has 4 aromatic heterocycles. The van der Waals surface area contributed by atoms with E-state index in [9.17, 15) is 9.59 Å². The zero-order valence-electron chi connectivity index (χ0n) is 32.8. The summed E-state index contributed by atoms with van der Waals surface area (Å²) in [5.74, 6) is 0. The number of pyridine rings is 2. The minimum absolute atomic E-state index is 0.0478. The Labute approximate surface area is 328 Å². The first-order valence-electron chi connectivity index (χ1n) is 20.7. The van der Waals surface area contributed by atoms with E-state index in [0.29, 0.717) is 10.8 Å². The standard InChI is InChI=1S/C48H56N2O2S2/c1-5-9-13-15-17-33-23-27-53-47(33)35-19-21-41-37(29-35)45(51)39-31-44-40(32-43(39)49(41)25-11-7-3)46(52)38-30-36(20-22-42(38)50(44)26-12-8-4)48-34(24-28-54-48)18-16-14-10-6-2/h19-24,27-32H,5-18,25-26H2,1-4H3. The number of unbranched alkanes of at least 4 members (excludes halogenated alkanes) is 8. The van der Waals surface area contributed by atoms with Crippen molar-refractivity contribution in [1.29, 1.82) is 0 Å². The van der Waals surface area contributed by atoms with Gasteiger partial charge in [0, 0.05) is 44.4 Å². The van der Waals surface area contributed by atoms with Crippen LogP contribution in [0.15, 0.2) is 81.0 Å². The molecule has 4 heterocycles. The summed E-state index contributed by atoms with van der Waals surface area (Å²) in [6.45, 7) is 10.5. The molecular formula is C48H56N2O2S2. The molecule has 0 saturated carbocycles. The Morgan fingerprint density at radius 1 is 0.444 bits per heavy atom. The van der Waals surface area contributed by atoms with Crippen LogP contribution >= 0.6 is 22.7 Å². The molecule has 0 unspecified atom stereocenters. The van der Waals surface area contributed by atoms with E-state index < -0.39 is 0 Å². The highest BCUT2D eigenvalue weighted by molar-refractivity contribution is 7.14. The van der Waals surface area contributed by atoms with Gasteiger partial charge in [-0.15, -0.1) is 22.7 Å². The van der Waals surface area contributed by atoms with Gasteiger partial charge < -0.3 is 9.13 Å². The number of fused-ring (bicyclic) bond motifs is 4.